The van der Waals surface area contributed by atoms with E-state index in [9.17, 15) is 8.78 Å². The van der Waals surface area contributed by atoms with E-state index in [1.807, 2.05) is 30.3 Å². The quantitative estimate of drug-likeness (QED) is 0.711. The van der Waals surface area contributed by atoms with E-state index in [1.54, 1.807) is 6.20 Å². The second kappa shape index (κ2) is 5.17. The van der Waals surface area contributed by atoms with E-state index in [1.165, 1.54) is 6.07 Å². The van der Waals surface area contributed by atoms with Crippen molar-refractivity contribution in [2.45, 2.75) is 0 Å². The van der Waals surface area contributed by atoms with Gasteiger partial charge in [0, 0.05) is 22.1 Å². The van der Waals surface area contributed by atoms with Crippen LogP contribution in [0.2, 0.25) is 0 Å². The predicted octanol–water partition coefficient (Wildman–Crippen LogP) is 5.02. The summed E-state index contributed by atoms with van der Waals surface area (Å²) in [5, 5.41) is 4.77. The molecule has 0 amide bonds. The van der Waals surface area contributed by atoms with Gasteiger partial charge in [0.05, 0.1) is 5.69 Å². The van der Waals surface area contributed by atoms with E-state index in [0.29, 0.717) is 10.3 Å². The maximum absolute atomic E-state index is 13.8. The molecular weight excluding hydrogens is 326 g/mol. The van der Waals surface area contributed by atoms with E-state index < -0.39 is 11.6 Å². The molecule has 2 aromatic carbocycles. The second-order valence-corrected chi connectivity index (χ2v) is 5.10. The first kappa shape index (κ1) is 13.0. The molecule has 3 aromatic rings. The van der Waals surface area contributed by atoms with Crippen molar-refractivity contribution in [2.75, 3.05) is 5.32 Å². The molecule has 1 heterocycles. The number of hydrogen-bond acceptors (Lipinski definition) is 2. The molecule has 0 aliphatic heterocycles. The van der Waals surface area contributed by atoms with Crippen molar-refractivity contribution in [2.24, 2.45) is 0 Å². The number of anilines is 2. The zero-order valence-electron chi connectivity index (χ0n) is 10.2. The number of fused-ring (bicyclic) bond motifs is 1. The number of benzene rings is 2. The largest absolute Gasteiger partial charge is 0.336 e. The molecule has 0 unspecified atom stereocenters. The van der Waals surface area contributed by atoms with Crippen molar-refractivity contribution in [1.29, 1.82) is 0 Å². The van der Waals surface area contributed by atoms with Gasteiger partial charge in [-0.1, -0.05) is 24.3 Å². The minimum atomic E-state index is -0.674. The number of halogens is 3. The molecule has 0 aliphatic carbocycles. The lowest BCUT2D eigenvalue weighted by Gasteiger charge is -2.11. The van der Waals surface area contributed by atoms with Gasteiger partial charge < -0.3 is 5.32 Å². The van der Waals surface area contributed by atoms with Crippen LogP contribution in [-0.2, 0) is 0 Å². The molecule has 1 aromatic heterocycles. The van der Waals surface area contributed by atoms with E-state index >= 15 is 0 Å². The number of nitrogens with zero attached hydrogens (tertiary/aromatic N) is 1. The smallest absolute Gasteiger partial charge is 0.150 e. The van der Waals surface area contributed by atoms with E-state index in [4.69, 9.17) is 0 Å². The molecule has 0 aliphatic rings. The monoisotopic (exact) mass is 334 g/mol. The molecular formula is C15H9BrF2N2. The van der Waals surface area contributed by atoms with Crippen LogP contribution in [0.3, 0.4) is 0 Å². The molecule has 0 saturated carbocycles. The molecule has 0 spiro atoms. The van der Waals surface area contributed by atoms with Gasteiger partial charge in [-0.25, -0.2) is 13.8 Å². The lowest BCUT2D eigenvalue weighted by Crippen LogP contribution is -1.99. The van der Waals surface area contributed by atoms with Crippen molar-refractivity contribution >= 4 is 38.2 Å². The van der Waals surface area contributed by atoms with Crippen LogP contribution >= 0.6 is 15.9 Å². The van der Waals surface area contributed by atoms with Crippen molar-refractivity contribution in [3.63, 3.8) is 0 Å². The minimum absolute atomic E-state index is 0.162. The SMILES string of the molecule is Fc1cc(F)c(Nc2nccc3ccccc23)c(Br)c1. The van der Waals surface area contributed by atoms with E-state index in [-0.39, 0.29) is 5.69 Å². The molecule has 0 bridgehead atoms. The molecule has 100 valence electrons. The summed E-state index contributed by atoms with van der Waals surface area (Å²) in [6, 6.07) is 11.5. The van der Waals surface area contributed by atoms with Gasteiger partial charge in [-0.2, -0.15) is 0 Å². The Morgan fingerprint density at radius 2 is 1.85 bits per heavy atom. The Morgan fingerprint density at radius 1 is 1.05 bits per heavy atom. The lowest BCUT2D eigenvalue weighted by molar-refractivity contribution is 0.584. The van der Waals surface area contributed by atoms with Crippen LogP contribution < -0.4 is 5.32 Å². The maximum atomic E-state index is 13.8. The van der Waals surface area contributed by atoms with Crippen LogP contribution in [0.5, 0.6) is 0 Å². The number of hydrogen-bond donors (Lipinski definition) is 1. The van der Waals surface area contributed by atoms with Gasteiger partial charge >= 0.3 is 0 Å². The van der Waals surface area contributed by atoms with Gasteiger partial charge in [0.1, 0.15) is 11.6 Å². The highest BCUT2D eigenvalue weighted by atomic mass is 79.9. The number of pyridine rings is 1. The summed E-state index contributed by atoms with van der Waals surface area (Å²) in [7, 11) is 0. The average Bonchev–Trinajstić information content (AvgIpc) is 2.43. The van der Waals surface area contributed by atoms with Crippen LogP contribution in [0.25, 0.3) is 10.8 Å². The Labute approximate surface area is 122 Å². The molecule has 0 saturated heterocycles. The van der Waals surface area contributed by atoms with Crippen molar-refractivity contribution in [3.05, 3.63) is 64.8 Å². The lowest BCUT2D eigenvalue weighted by atomic mass is 10.1. The van der Waals surface area contributed by atoms with Gasteiger partial charge in [0.2, 0.25) is 0 Å². The molecule has 3 rings (SSSR count). The van der Waals surface area contributed by atoms with Crippen LogP contribution in [0.1, 0.15) is 0 Å². The Hall–Kier alpha value is -2.01. The molecule has 1 N–H and O–H groups in total. The summed E-state index contributed by atoms with van der Waals surface area (Å²) in [4.78, 5) is 4.21. The summed E-state index contributed by atoms with van der Waals surface area (Å²) in [6.07, 6.45) is 1.64. The van der Waals surface area contributed by atoms with Crippen LogP contribution in [0, 0.1) is 11.6 Å². The van der Waals surface area contributed by atoms with Crippen molar-refractivity contribution < 1.29 is 8.78 Å². The number of rotatable bonds is 2. The zero-order chi connectivity index (χ0) is 14.1. The summed E-state index contributed by atoms with van der Waals surface area (Å²) in [5.41, 5.74) is 0.162. The summed E-state index contributed by atoms with van der Waals surface area (Å²) < 4.78 is 27.2. The third-order valence-electron chi connectivity index (χ3n) is 2.92. The fourth-order valence-electron chi connectivity index (χ4n) is 2.00. The number of aromatic nitrogens is 1. The normalized spacial score (nSPS) is 10.8. The molecule has 20 heavy (non-hydrogen) atoms. The van der Waals surface area contributed by atoms with Crippen LogP contribution in [-0.4, -0.2) is 4.98 Å². The average molecular weight is 335 g/mol. The van der Waals surface area contributed by atoms with Crippen LogP contribution in [0.4, 0.5) is 20.3 Å². The van der Waals surface area contributed by atoms with Gasteiger partial charge in [-0.15, -0.1) is 0 Å². The predicted molar refractivity (Wildman–Crippen MR) is 79.1 cm³/mol. The third-order valence-corrected chi connectivity index (χ3v) is 3.55. The van der Waals surface area contributed by atoms with E-state index in [2.05, 4.69) is 26.2 Å². The first-order valence-corrected chi connectivity index (χ1v) is 6.70. The fraction of sp³-hybridized carbons (Fsp3) is 0. The van der Waals surface area contributed by atoms with Crippen molar-refractivity contribution in [1.82, 2.24) is 4.98 Å². The van der Waals surface area contributed by atoms with Gasteiger partial charge in [0.25, 0.3) is 0 Å². The molecule has 5 heteroatoms. The highest BCUT2D eigenvalue weighted by molar-refractivity contribution is 9.10. The third kappa shape index (κ3) is 2.36. The van der Waals surface area contributed by atoms with Crippen molar-refractivity contribution in [3.8, 4) is 0 Å². The zero-order valence-corrected chi connectivity index (χ0v) is 11.8. The van der Waals surface area contributed by atoms with Gasteiger partial charge in [-0.3, -0.25) is 0 Å². The summed E-state index contributed by atoms with van der Waals surface area (Å²) in [6.45, 7) is 0. The second-order valence-electron chi connectivity index (χ2n) is 4.25. The molecule has 2 nitrogen and oxygen atoms in total. The maximum Gasteiger partial charge on any atom is 0.150 e. The van der Waals surface area contributed by atoms with Gasteiger partial charge in [-0.05, 0) is 33.4 Å². The molecule has 0 radical (unpaired) electrons. The first-order valence-electron chi connectivity index (χ1n) is 5.90. The standard InChI is InChI=1S/C15H9BrF2N2/c16-12-7-10(17)8-13(18)14(12)20-15-11-4-2-1-3-9(11)5-6-19-15/h1-8H,(H,19,20). The van der Waals surface area contributed by atoms with Crippen LogP contribution in [0.15, 0.2) is 53.1 Å². The first-order chi connectivity index (χ1) is 9.65. The Morgan fingerprint density at radius 3 is 2.65 bits per heavy atom. The Bertz CT molecular complexity index is 761. The number of nitrogens with one attached hydrogen (secondary N) is 1. The highest BCUT2D eigenvalue weighted by Crippen LogP contribution is 2.31. The van der Waals surface area contributed by atoms with Gasteiger partial charge in [0.15, 0.2) is 5.82 Å². The van der Waals surface area contributed by atoms with E-state index in [0.717, 1.165) is 16.8 Å². The Balaban J connectivity index is 2.10. The minimum Gasteiger partial charge on any atom is -0.336 e. The summed E-state index contributed by atoms with van der Waals surface area (Å²) in [5.74, 6) is -0.785. The molecule has 0 atom stereocenters. The Kier molecular flexibility index (Phi) is 3.36. The highest BCUT2D eigenvalue weighted by Gasteiger charge is 2.11. The molecule has 0 fully saturated rings. The summed E-state index contributed by atoms with van der Waals surface area (Å²) >= 11 is 3.15. The topological polar surface area (TPSA) is 24.9 Å². The fourth-order valence-corrected chi connectivity index (χ4v) is 2.51.